The number of aromatic nitrogens is 1. The molecule has 25 heavy (non-hydrogen) atoms. The van der Waals surface area contributed by atoms with Gasteiger partial charge in [0.05, 0.1) is 12.3 Å². The van der Waals surface area contributed by atoms with Crippen LogP contribution < -0.4 is 0 Å². The number of ether oxygens (including phenoxy) is 1. The van der Waals surface area contributed by atoms with Crippen molar-refractivity contribution < 1.29 is 4.74 Å². The van der Waals surface area contributed by atoms with Gasteiger partial charge in [-0.15, -0.1) is 0 Å². The van der Waals surface area contributed by atoms with Crippen LogP contribution >= 0.6 is 0 Å². The molecule has 1 fully saturated rings. The third kappa shape index (κ3) is 2.45. The highest BCUT2D eigenvalue weighted by molar-refractivity contribution is 5.41. The van der Waals surface area contributed by atoms with E-state index in [4.69, 9.17) is 9.72 Å². The summed E-state index contributed by atoms with van der Waals surface area (Å²) in [5.41, 5.74) is 7.29. The van der Waals surface area contributed by atoms with Crippen LogP contribution in [-0.2, 0) is 24.2 Å². The fourth-order valence-electron chi connectivity index (χ4n) is 5.22. The number of fused-ring (bicyclic) bond motifs is 1. The SMILES string of the molecule is CC1(C)[C@H]2Cc3cc4c(nc3[C@@H]1C2)C(OCc1ccccc1)CCC4. The lowest BCUT2D eigenvalue weighted by atomic mass is 9.48. The van der Waals surface area contributed by atoms with Crippen molar-refractivity contribution in [3.05, 3.63) is 64.5 Å². The molecule has 1 aromatic heterocycles. The maximum atomic E-state index is 6.32. The van der Waals surface area contributed by atoms with E-state index in [-0.39, 0.29) is 6.10 Å². The van der Waals surface area contributed by atoms with Crippen LogP contribution in [0.25, 0.3) is 0 Å². The van der Waals surface area contributed by atoms with Crippen molar-refractivity contribution in [1.29, 1.82) is 0 Å². The van der Waals surface area contributed by atoms with Gasteiger partial charge in [-0.05, 0) is 60.1 Å². The zero-order valence-corrected chi connectivity index (χ0v) is 15.3. The summed E-state index contributed by atoms with van der Waals surface area (Å²) in [5.74, 6) is 1.52. The molecule has 1 heterocycles. The fraction of sp³-hybridized carbons (Fsp3) is 0.522. The molecular weight excluding hydrogens is 306 g/mol. The average molecular weight is 333 g/mol. The van der Waals surface area contributed by atoms with E-state index in [1.807, 2.05) is 0 Å². The molecule has 3 atom stereocenters. The highest BCUT2D eigenvalue weighted by Gasteiger charge is 2.53. The zero-order chi connectivity index (χ0) is 17.0. The second kappa shape index (κ2) is 5.67. The van der Waals surface area contributed by atoms with Gasteiger partial charge < -0.3 is 4.74 Å². The normalized spacial score (nSPS) is 28.6. The smallest absolute Gasteiger partial charge is 0.100 e. The maximum Gasteiger partial charge on any atom is 0.100 e. The van der Waals surface area contributed by atoms with E-state index in [1.165, 1.54) is 53.8 Å². The Kier molecular flexibility index (Phi) is 3.53. The summed E-state index contributed by atoms with van der Waals surface area (Å²) in [6, 6.07) is 13.0. The van der Waals surface area contributed by atoms with E-state index in [2.05, 4.69) is 50.2 Å². The molecule has 0 amide bonds. The first kappa shape index (κ1) is 15.6. The Morgan fingerprint density at radius 2 is 1.96 bits per heavy atom. The van der Waals surface area contributed by atoms with Crippen LogP contribution in [0.2, 0.25) is 0 Å². The zero-order valence-electron chi connectivity index (χ0n) is 15.3. The van der Waals surface area contributed by atoms with Gasteiger partial charge in [0, 0.05) is 11.6 Å². The van der Waals surface area contributed by atoms with Gasteiger partial charge in [0.15, 0.2) is 0 Å². The quantitative estimate of drug-likeness (QED) is 0.754. The molecule has 1 unspecified atom stereocenters. The van der Waals surface area contributed by atoms with Crippen LogP contribution in [0.3, 0.4) is 0 Å². The van der Waals surface area contributed by atoms with Crippen LogP contribution in [0.4, 0.5) is 0 Å². The number of hydrogen-bond acceptors (Lipinski definition) is 2. The third-order valence-electron chi connectivity index (χ3n) is 7.03. The van der Waals surface area contributed by atoms with Crippen LogP contribution in [0, 0.1) is 11.3 Å². The average Bonchev–Trinajstić information content (AvgIpc) is 2.64. The lowest BCUT2D eigenvalue weighted by molar-refractivity contribution is 0.0102. The molecule has 0 spiro atoms. The van der Waals surface area contributed by atoms with Gasteiger partial charge in [0.1, 0.15) is 6.10 Å². The van der Waals surface area contributed by atoms with Gasteiger partial charge in [0.25, 0.3) is 0 Å². The summed E-state index contributed by atoms with van der Waals surface area (Å²) >= 11 is 0. The highest BCUT2D eigenvalue weighted by Crippen LogP contribution is 2.62. The van der Waals surface area contributed by atoms with Crippen molar-refractivity contribution in [3.63, 3.8) is 0 Å². The number of benzene rings is 1. The summed E-state index contributed by atoms with van der Waals surface area (Å²) in [4.78, 5) is 5.24. The van der Waals surface area contributed by atoms with Crippen molar-refractivity contribution in [1.82, 2.24) is 4.98 Å². The minimum Gasteiger partial charge on any atom is -0.367 e. The number of rotatable bonds is 3. The summed E-state index contributed by atoms with van der Waals surface area (Å²) in [5, 5.41) is 0. The Balaban J connectivity index is 1.44. The largest absolute Gasteiger partial charge is 0.367 e. The third-order valence-corrected chi connectivity index (χ3v) is 7.03. The van der Waals surface area contributed by atoms with Gasteiger partial charge in [-0.3, -0.25) is 4.98 Å². The number of aryl methyl sites for hydroxylation is 1. The van der Waals surface area contributed by atoms with E-state index in [1.54, 1.807) is 0 Å². The van der Waals surface area contributed by atoms with Crippen molar-refractivity contribution in [2.24, 2.45) is 11.3 Å². The van der Waals surface area contributed by atoms with E-state index in [9.17, 15) is 0 Å². The Morgan fingerprint density at radius 1 is 1.12 bits per heavy atom. The lowest BCUT2D eigenvalue weighted by Gasteiger charge is -2.56. The second-order valence-corrected chi connectivity index (χ2v) is 8.77. The minimum atomic E-state index is 0.162. The predicted octanol–water partition coefficient (Wildman–Crippen LogP) is 5.36. The van der Waals surface area contributed by atoms with Crippen molar-refractivity contribution in [2.75, 3.05) is 0 Å². The molecule has 1 aromatic carbocycles. The molecule has 0 saturated heterocycles. The first-order valence-corrected chi connectivity index (χ1v) is 9.81. The summed E-state index contributed by atoms with van der Waals surface area (Å²) in [7, 11) is 0. The number of pyridine rings is 1. The molecule has 2 aromatic rings. The summed E-state index contributed by atoms with van der Waals surface area (Å²) in [6.07, 6.45) is 6.21. The standard InChI is InChI=1S/C23H27NO/c1-23(2)18-12-17-11-16-9-6-10-20(22(16)24-21(17)19(23)13-18)25-14-15-7-4-3-5-8-15/h3-5,7-8,11,18-20H,6,9-10,12-14H2,1-2H3/t18-,19-,20?/m0/s1. The molecule has 0 radical (unpaired) electrons. The first-order chi connectivity index (χ1) is 12.1. The maximum absolute atomic E-state index is 6.32. The van der Waals surface area contributed by atoms with Crippen molar-refractivity contribution >= 4 is 0 Å². The van der Waals surface area contributed by atoms with Crippen LogP contribution in [0.15, 0.2) is 36.4 Å². The molecule has 0 aliphatic heterocycles. The van der Waals surface area contributed by atoms with E-state index in [0.717, 1.165) is 12.3 Å². The van der Waals surface area contributed by atoms with Crippen LogP contribution in [0.1, 0.15) is 73.2 Å². The predicted molar refractivity (Wildman–Crippen MR) is 99.5 cm³/mol. The molecule has 4 aliphatic carbocycles. The fourth-order valence-corrected chi connectivity index (χ4v) is 5.22. The van der Waals surface area contributed by atoms with Crippen LogP contribution in [-0.4, -0.2) is 4.98 Å². The second-order valence-electron chi connectivity index (χ2n) is 8.77. The van der Waals surface area contributed by atoms with Crippen LogP contribution in [0.5, 0.6) is 0 Å². The summed E-state index contributed by atoms with van der Waals surface area (Å²) in [6.45, 7) is 5.54. The molecule has 6 rings (SSSR count). The van der Waals surface area contributed by atoms with Gasteiger partial charge in [-0.25, -0.2) is 0 Å². The van der Waals surface area contributed by atoms with Gasteiger partial charge in [-0.1, -0.05) is 50.2 Å². The van der Waals surface area contributed by atoms with Crippen molar-refractivity contribution in [2.45, 2.75) is 64.6 Å². The highest BCUT2D eigenvalue weighted by atomic mass is 16.5. The topological polar surface area (TPSA) is 22.1 Å². The monoisotopic (exact) mass is 333 g/mol. The number of nitrogens with zero attached hydrogens (tertiary/aromatic N) is 1. The molecule has 2 bridgehead atoms. The van der Waals surface area contributed by atoms with Gasteiger partial charge in [-0.2, -0.15) is 0 Å². The molecular formula is C23H27NO. The minimum absolute atomic E-state index is 0.162. The number of hydrogen-bond donors (Lipinski definition) is 0. The molecule has 4 aliphatic rings. The molecule has 2 nitrogen and oxygen atoms in total. The molecule has 2 heteroatoms. The van der Waals surface area contributed by atoms with Gasteiger partial charge >= 0.3 is 0 Å². The van der Waals surface area contributed by atoms with Gasteiger partial charge in [0.2, 0.25) is 0 Å². The Morgan fingerprint density at radius 3 is 2.76 bits per heavy atom. The Bertz CT molecular complexity index is 795. The summed E-state index contributed by atoms with van der Waals surface area (Å²) < 4.78 is 6.32. The van der Waals surface area contributed by atoms with E-state index < -0.39 is 0 Å². The molecule has 0 N–H and O–H groups in total. The lowest BCUT2D eigenvalue weighted by Crippen LogP contribution is -2.48. The Labute approximate surface area is 150 Å². The van der Waals surface area contributed by atoms with E-state index in [0.29, 0.717) is 17.9 Å². The first-order valence-electron chi connectivity index (χ1n) is 9.81. The van der Waals surface area contributed by atoms with E-state index >= 15 is 0 Å². The molecule has 1 saturated carbocycles. The Hall–Kier alpha value is -1.67. The molecule has 130 valence electrons. The van der Waals surface area contributed by atoms with Crippen molar-refractivity contribution in [3.8, 4) is 0 Å².